The molecule has 1 aromatic carbocycles. The molecule has 8 heteroatoms. The molecule has 2 amide bonds. The predicted molar refractivity (Wildman–Crippen MR) is 106 cm³/mol. The third-order valence-corrected chi connectivity index (χ3v) is 3.88. The molecule has 0 aliphatic heterocycles. The Kier molecular flexibility index (Phi) is 5.65. The molecule has 0 spiro atoms. The summed E-state index contributed by atoms with van der Waals surface area (Å²) < 4.78 is 1.71. The minimum absolute atomic E-state index is 0.203. The summed E-state index contributed by atoms with van der Waals surface area (Å²) >= 11 is 0. The fraction of sp³-hybridized carbons (Fsp3) is 0.263. The van der Waals surface area contributed by atoms with E-state index in [1.54, 1.807) is 17.1 Å². The Balaban J connectivity index is 1.75. The number of hydrogen-bond acceptors (Lipinski definition) is 5. The number of carbonyl (C=O) groups excluding carboxylic acids is 1. The van der Waals surface area contributed by atoms with Gasteiger partial charge in [-0.05, 0) is 31.0 Å². The van der Waals surface area contributed by atoms with Crippen LogP contribution in [0.1, 0.15) is 18.9 Å². The molecule has 0 atom stereocenters. The zero-order valence-corrected chi connectivity index (χ0v) is 15.7. The highest BCUT2D eigenvalue weighted by Crippen LogP contribution is 2.24. The maximum Gasteiger partial charge on any atom is 0.319 e. The number of hydrogen-bond donors (Lipinski definition) is 3. The Morgan fingerprint density at radius 1 is 1.15 bits per heavy atom. The standard InChI is InChI=1S/C19H23N7O/c1-4-9-20-19(27)24-15-7-5-14(6-8-15)17-13(2)10-21-18(25-17)23-16-11-22-26(3)12-16/h5-8,10-12H,4,9H2,1-3H3,(H2,20,24,27)(H,21,23,25). The second kappa shape index (κ2) is 8.31. The predicted octanol–water partition coefficient (Wildman–Crippen LogP) is 3.46. The topological polar surface area (TPSA) is 96.8 Å². The number of carbonyl (C=O) groups is 1. The van der Waals surface area contributed by atoms with Crippen LogP contribution in [0.25, 0.3) is 11.3 Å². The Morgan fingerprint density at radius 3 is 2.59 bits per heavy atom. The molecule has 140 valence electrons. The Hall–Kier alpha value is -3.42. The molecule has 0 unspecified atom stereocenters. The van der Waals surface area contributed by atoms with E-state index in [4.69, 9.17) is 0 Å². The number of anilines is 3. The van der Waals surface area contributed by atoms with Gasteiger partial charge >= 0.3 is 6.03 Å². The number of benzene rings is 1. The minimum Gasteiger partial charge on any atom is -0.338 e. The summed E-state index contributed by atoms with van der Waals surface area (Å²) in [5.41, 5.74) is 4.30. The second-order valence-electron chi connectivity index (χ2n) is 6.21. The molecule has 3 N–H and O–H groups in total. The van der Waals surface area contributed by atoms with E-state index in [1.807, 2.05) is 51.4 Å². The van der Waals surface area contributed by atoms with Gasteiger partial charge in [0.1, 0.15) is 0 Å². The van der Waals surface area contributed by atoms with Crippen molar-refractivity contribution in [2.24, 2.45) is 7.05 Å². The van der Waals surface area contributed by atoms with Gasteiger partial charge in [-0.3, -0.25) is 4.68 Å². The summed E-state index contributed by atoms with van der Waals surface area (Å²) in [5.74, 6) is 0.504. The van der Waals surface area contributed by atoms with Gasteiger partial charge in [-0.15, -0.1) is 0 Å². The average Bonchev–Trinajstić information content (AvgIpc) is 3.07. The number of amides is 2. The molecule has 2 aromatic heterocycles. The lowest BCUT2D eigenvalue weighted by Crippen LogP contribution is -2.29. The minimum atomic E-state index is -0.203. The van der Waals surface area contributed by atoms with Crippen LogP contribution in [0, 0.1) is 6.92 Å². The lowest BCUT2D eigenvalue weighted by molar-refractivity contribution is 0.252. The molecule has 0 aliphatic carbocycles. The molecule has 2 heterocycles. The van der Waals surface area contributed by atoms with Gasteiger partial charge in [0.25, 0.3) is 0 Å². The zero-order chi connectivity index (χ0) is 19.2. The Bertz CT molecular complexity index is 918. The maximum absolute atomic E-state index is 11.7. The van der Waals surface area contributed by atoms with E-state index >= 15 is 0 Å². The molecule has 0 bridgehead atoms. The van der Waals surface area contributed by atoms with Gasteiger partial charge in [0.15, 0.2) is 0 Å². The lowest BCUT2D eigenvalue weighted by Gasteiger charge is -2.10. The number of nitrogens with one attached hydrogen (secondary N) is 3. The molecule has 27 heavy (non-hydrogen) atoms. The highest BCUT2D eigenvalue weighted by Gasteiger charge is 2.08. The van der Waals surface area contributed by atoms with Gasteiger partial charge in [-0.25, -0.2) is 14.8 Å². The SMILES string of the molecule is CCCNC(=O)Nc1ccc(-c2nc(Nc3cnn(C)c3)ncc2C)cc1. The highest BCUT2D eigenvalue weighted by molar-refractivity contribution is 5.89. The van der Waals surface area contributed by atoms with Crippen molar-refractivity contribution in [3.63, 3.8) is 0 Å². The van der Waals surface area contributed by atoms with E-state index < -0.39 is 0 Å². The first-order valence-electron chi connectivity index (χ1n) is 8.79. The molecule has 0 fully saturated rings. The van der Waals surface area contributed by atoms with Crippen LogP contribution in [0.3, 0.4) is 0 Å². The molecule has 3 aromatic rings. The van der Waals surface area contributed by atoms with Crippen molar-refractivity contribution in [2.75, 3.05) is 17.2 Å². The van der Waals surface area contributed by atoms with Crippen molar-refractivity contribution in [1.82, 2.24) is 25.1 Å². The van der Waals surface area contributed by atoms with E-state index in [-0.39, 0.29) is 6.03 Å². The first kappa shape index (κ1) is 18.4. The van der Waals surface area contributed by atoms with Gasteiger partial charge in [0.2, 0.25) is 5.95 Å². The van der Waals surface area contributed by atoms with Crippen molar-refractivity contribution in [3.8, 4) is 11.3 Å². The van der Waals surface area contributed by atoms with Gasteiger partial charge in [-0.1, -0.05) is 19.1 Å². The van der Waals surface area contributed by atoms with Crippen LogP contribution in [0.4, 0.5) is 22.1 Å². The second-order valence-corrected chi connectivity index (χ2v) is 6.21. The van der Waals surface area contributed by atoms with E-state index in [1.165, 1.54) is 0 Å². The third-order valence-electron chi connectivity index (χ3n) is 3.88. The molecule has 0 aliphatic rings. The van der Waals surface area contributed by atoms with Crippen molar-refractivity contribution in [3.05, 3.63) is 48.4 Å². The number of nitrogens with zero attached hydrogens (tertiary/aromatic N) is 4. The highest BCUT2D eigenvalue weighted by atomic mass is 16.2. The number of aryl methyl sites for hydroxylation is 2. The summed E-state index contributed by atoms with van der Waals surface area (Å²) in [5, 5.41) is 12.9. The Labute approximate surface area is 158 Å². The van der Waals surface area contributed by atoms with Crippen molar-refractivity contribution >= 4 is 23.4 Å². The number of rotatable bonds is 6. The summed E-state index contributed by atoms with van der Waals surface area (Å²) in [6.07, 6.45) is 6.25. The van der Waals surface area contributed by atoms with Crippen LogP contribution in [-0.4, -0.2) is 32.3 Å². The summed E-state index contributed by atoms with van der Waals surface area (Å²) in [4.78, 5) is 20.7. The molecule has 0 saturated carbocycles. The van der Waals surface area contributed by atoms with Crippen LogP contribution < -0.4 is 16.0 Å². The quantitative estimate of drug-likeness (QED) is 0.621. The number of aromatic nitrogens is 4. The first-order valence-corrected chi connectivity index (χ1v) is 8.79. The van der Waals surface area contributed by atoms with E-state index in [0.29, 0.717) is 12.5 Å². The van der Waals surface area contributed by atoms with E-state index in [9.17, 15) is 4.79 Å². The van der Waals surface area contributed by atoms with Crippen LogP contribution in [-0.2, 0) is 7.05 Å². The van der Waals surface area contributed by atoms with E-state index in [0.717, 1.165) is 34.6 Å². The van der Waals surface area contributed by atoms with Crippen LogP contribution in [0.2, 0.25) is 0 Å². The molecular weight excluding hydrogens is 342 g/mol. The smallest absolute Gasteiger partial charge is 0.319 e. The molecule has 0 saturated heterocycles. The van der Waals surface area contributed by atoms with Gasteiger partial charge < -0.3 is 16.0 Å². The average molecular weight is 365 g/mol. The fourth-order valence-corrected chi connectivity index (χ4v) is 2.53. The third kappa shape index (κ3) is 4.81. The molecular formula is C19H23N7O. The number of urea groups is 1. The first-order chi connectivity index (χ1) is 13.0. The van der Waals surface area contributed by atoms with Crippen LogP contribution >= 0.6 is 0 Å². The van der Waals surface area contributed by atoms with Crippen molar-refractivity contribution < 1.29 is 4.79 Å². The monoisotopic (exact) mass is 365 g/mol. The van der Waals surface area contributed by atoms with Gasteiger partial charge in [0.05, 0.1) is 17.6 Å². The lowest BCUT2D eigenvalue weighted by atomic mass is 10.1. The summed E-state index contributed by atoms with van der Waals surface area (Å²) in [6, 6.07) is 7.37. The summed E-state index contributed by atoms with van der Waals surface area (Å²) in [6.45, 7) is 4.63. The van der Waals surface area contributed by atoms with Crippen molar-refractivity contribution in [2.45, 2.75) is 20.3 Å². The zero-order valence-electron chi connectivity index (χ0n) is 15.7. The van der Waals surface area contributed by atoms with Crippen LogP contribution in [0.15, 0.2) is 42.9 Å². The molecule has 8 nitrogen and oxygen atoms in total. The molecule has 0 radical (unpaired) electrons. The summed E-state index contributed by atoms with van der Waals surface area (Å²) in [7, 11) is 1.85. The van der Waals surface area contributed by atoms with Crippen LogP contribution in [0.5, 0.6) is 0 Å². The largest absolute Gasteiger partial charge is 0.338 e. The fourth-order valence-electron chi connectivity index (χ4n) is 2.53. The van der Waals surface area contributed by atoms with Crippen molar-refractivity contribution in [1.29, 1.82) is 0 Å². The van der Waals surface area contributed by atoms with E-state index in [2.05, 4.69) is 31.0 Å². The normalized spacial score (nSPS) is 10.5. The maximum atomic E-state index is 11.7. The molecule has 3 rings (SSSR count). The Morgan fingerprint density at radius 2 is 1.93 bits per heavy atom. The van der Waals surface area contributed by atoms with Gasteiger partial charge in [0, 0.05) is 37.2 Å². The van der Waals surface area contributed by atoms with Gasteiger partial charge in [-0.2, -0.15) is 5.10 Å².